The standard InChI is InChI=1S/C25H25IN2O/c1-16-22(24(29)28-25-12-9-17(10-13-25)11-14-25)20-15-19(26)7-8-21(20)27-23(16)18-5-3-2-4-6-18/h2-8,15,17H,9-14H2,1H3,(H,28,29). The normalized spacial score (nSPS) is 23.3. The minimum atomic E-state index is -0.0112. The molecule has 3 nitrogen and oxygen atoms in total. The molecule has 3 aliphatic carbocycles. The number of carbonyl (C=O) groups is 1. The van der Waals surface area contributed by atoms with E-state index in [1.54, 1.807) is 0 Å². The Morgan fingerprint density at radius 3 is 2.45 bits per heavy atom. The lowest BCUT2D eigenvalue weighted by Crippen LogP contribution is -2.53. The summed E-state index contributed by atoms with van der Waals surface area (Å²) in [5.41, 5.74) is 4.57. The number of hydrogen-bond acceptors (Lipinski definition) is 2. The van der Waals surface area contributed by atoms with E-state index in [1.165, 1.54) is 19.3 Å². The van der Waals surface area contributed by atoms with Crippen molar-refractivity contribution in [2.75, 3.05) is 0 Å². The van der Waals surface area contributed by atoms with Crippen LogP contribution < -0.4 is 5.32 Å². The average molecular weight is 496 g/mol. The summed E-state index contributed by atoms with van der Waals surface area (Å²) in [4.78, 5) is 18.6. The highest BCUT2D eigenvalue weighted by Crippen LogP contribution is 2.44. The summed E-state index contributed by atoms with van der Waals surface area (Å²) in [6.45, 7) is 2.04. The first-order chi connectivity index (χ1) is 14.0. The third-order valence-electron chi connectivity index (χ3n) is 6.94. The van der Waals surface area contributed by atoms with Crippen LogP contribution in [0.15, 0.2) is 48.5 Å². The number of nitrogens with one attached hydrogen (secondary N) is 1. The van der Waals surface area contributed by atoms with Gasteiger partial charge in [0.1, 0.15) is 0 Å². The summed E-state index contributed by atoms with van der Waals surface area (Å²) in [6.07, 6.45) is 7.12. The maximum Gasteiger partial charge on any atom is 0.252 e. The molecule has 3 fully saturated rings. The van der Waals surface area contributed by atoms with E-state index in [-0.39, 0.29) is 11.4 Å². The molecule has 0 radical (unpaired) electrons. The fraction of sp³-hybridized carbons (Fsp3) is 0.360. The molecule has 2 aromatic carbocycles. The first-order valence-corrected chi connectivity index (χ1v) is 11.6. The van der Waals surface area contributed by atoms with Gasteiger partial charge >= 0.3 is 0 Å². The van der Waals surface area contributed by atoms with Crippen molar-refractivity contribution in [1.82, 2.24) is 10.3 Å². The number of amides is 1. The minimum Gasteiger partial charge on any atom is -0.347 e. The van der Waals surface area contributed by atoms with Gasteiger partial charge in [0.05, 0.1) is 16.8 Å². The summed E-state index contributed by atoms with van der Waals surface area (Å²) in [5.74, 6) is 0.943. The van der Waals surface area contributed by atoms with Gasteiger partial charge in [-0.15, -0.1) is 0 Å². The number of fused-ring (bicyclic) bond motifs is 4. The second-order valence-corrected chi connectivity index (χ2v) is 9.95. The summed E-state index contributed by atoms with van der Waals surface area (Å²) >= 11 is 2.31. The first-order valence-electron chi connectivity index (χ1n) is 10.5. The molecule has 2 bridgehead atoms. The molecule has 1 aromatic heterocycles. The van der Waals surface area contributed by atoms with Gasteiger partial charge in [-0.25, -0.2) is 4.98 Å². The number of aromatic nitrogens is 1. The highest BCUT2D eigenvalue weighted by molar-refractivity contribution is 14.1. The lowest BCUT2D eigenvalue weighted by molar-refractivity contribution is 0.0715. The van der Waals surface area contributed by atoms with E-state index in [0.717, 1.165) is 62.0 Å². The average Bonchev–Trinajstić information content (AvgIpc) is 2.75. The molecule has 0 atom stereocenters. The van der Waals surface area contributed by atoms with Crippen molar-refractivity contribution >= 4 is 39.4 Å². The van der Waals surface area contributed by atoms with E-state index >= 15 is 0 Å². The van der Waals surface area contributed by atoms with Crippen molar-refractivity contribution in [3.63, 3.8) is 0 Å². The Morgan fingerprint density at radius 2 is 1.76 bits per heavy atom. The Labute approximate surface area is 185 Å². The zero-order valence-corrected chi connectivity index (χ0v) is 18.8. The van der Waals surface area contributed by atoms with E-state index in [0.29, 0.717) is 0 Å². The van der Waals surface area contributed by atoms with Crippen molar-refractivity contribution in [3.8, 4) is 11.3 Å². The summed E-state index contributed by atoms with van der Waals surface area (Å²) < 4.78 is 1.12. The highest BCUT2D eigenvalue weighted by Gasteiger charge is 2.41. The molecule has 148 valence electrons. The van der Waals surface area contributed by atoms with Crippen LogP contribution in [0.25, 0.3) is 22.2 Å². The minimum absolute atomic E-state index is 0.0112. The Hall–Kier alpha value is -1.95. The van der Waals surface area contributed by atoms with Crippen LogP contribution in [0.4, 0.5) is 0 Å². The zero-order valence-electron chi connectivity index (χ0n) is 16.7. The Bertz CT molecular complexity index is 1070. The monoisotopic (exact) mass is 496 g/mol. The predicted molar refractivity (Wildman–Crippen MR) is 126 cm³/mol. The smallest absolute Gasteiger partial charge is 0.252 e. The molecule has 0 spiro atoms. The third kappa shape index (κ3) is 3.45. The van der Waals surface area contributed by atoms with Crippen molar-refractivity contribution in [3.05, 3.63) is 63.2 Å². The van der Waals surface area contributed by atoms with Gasteiger partial charge in [-0.1, -0.05) is 30.3 Å². The van der Waals surface area contributed by atoms with Gasteiger partial charge in [-0.05, 0) is 97.7 Å². The second kappa shape index (κ2) is 7.38. The maximum absolute atomic E-state index is 13.7. The quantitative estimate of drug-likeness (QED) is 0.435. The van der Waals surface area contributed by atoms with Crippen molar-refractivity contribution in [2.24, 2.45) is 5.92 Å². The Morgan fingerprint density at radius 1 is 1.07 bits per heavy atom. The first kappa shape index (κ1) is 19.0. The van der Waals surface area contributed by atoms with Gasteiger partial charge in [0.15, 0.2) is 0 Å². The fourth-order valence-electron chi connectivity index (χ4n) is 5.24. The summed E-state index contributed by atoms with van der Waals surface area (Å²) in [6, 6.07) is 16.4. The van der Waals surface area contributed by atoms with E-state index in [2.05, 4.69) is 52.2 Å². The van der Waals surface area contributed by atoms with Crippen LogP contribution >= 0.6 is 22.6 Å². The van der Waals surface area contributed by atoms with Gasteiger partial charge < -0.3 is 5.32 Å². The molecule has 3 saturated carbocycles. The predicted octanol–water partition coefficient (Wildman–Crippen LogP) is 6.27. The van der Waals surface area contributed by atoms with Crippen LogP contribution in [0.1, 0.15) is 54.4 Å². The molecule has 1 N–H and O–H groups in total. The van der Waals surface area contributed by atoms with Crippen LogP contribution in [0.3, 0.4) is 0 Å². The van der Waals surface area contributed by atoms with Gasteiger partial charge in [-0.2, -0.15) is 0 Å². The highest BCUT2D eigenvalue weighted by atomic mass is 127. The zero-order chi connectivity index (χ0) is 20.0. The van der Waals surface area contributed by atoms with E-state index in [1.807, 2.05) is 31.2 Å². The molecule has 3 aliphatic rings. The van der Waals surface area contributed by atoms with Crippen LogP contribution in [-0.2, 0) is 0 Å². The number of pyridine rings is 1. The summed E-state index contributed by atoms with van der Waals surface area (Å²) in [7, 11) is 0. The second-order valence-electron chi connectivity index (χ2n) is 8.70. The largest absolute Gasteiger partial charge is 0.347 e. The van der Waals surface area contributed by atoms with E-state index < -0.39 is 0 Å². The van der Waals surface area contributed by atoms with Crippen LogP contribution in [0.5, 0.6) is 0 Å². The molecule has 1 heterocycles. The van der Waals surface area contributed by atoms with Gasteiger partial charge in [0, 0.05) is 20.1 Å². The van der Waals surface area contributed by atoms with Crippen molar-refractivity contribution in [2.45, 2.75) is 51.0 Å². The lowest BCUT2D eigenvalue weighted by atomic mass is 9.65. The topological polar surface area (TPSA) is 42.0 Å². The van der Waals surface area contributed by atoms with E-state index in [9.17, 15) is 4.79 Å². The number of nitrogens with zero attached hydrogens (tertiary/aromatic N) is 1. The SMILES string of the molecule is Cc1c(-c2ccccc2)nc2ccc(I)cc2c1C(=O)NC12CCC(CC1)CC2. The third-order valence-corrected chi connectivity index (χ3v) is 7.61. The lowest BCUT2D eigenvalue weighted by Gasteiger charge is -2.47. The molecule has 4 heteroatoms. The fourth-order valence-corrected chi connectivity index (χ4v) is 5.73. The Balaban J connectivity index is 1.64. The van der Waals surface area contributed by atoms with Crippen LogP contribution in [0, 0.1) is 16.4 Å². The maximum atomic E-state index is 13.7. The number of benzene rings is 2. The molecule has 0 aliphatic heterocycles. The molecule has 1 amide bonds. The number of halogens is 1. The number of rotatable bonds is 3. The summed E-state index contributed by atoms with van der Waals surface area (Å²) in [5, 5.41) is 4.45. The van der Waals surface area contributed by atoms with Gasteiger partial charge in [-0.3, -0.25) is 4.79 Å². The molecule has 6 rings (SSSR count). The van der Waals surface area contributed by atoms with Crippen molar-refractivity contribution in [1.29, 1.82) is 0 Å². The molecule has 0 unspecified atom stereocenters. The van der Waals surface area contributed by atoms with Gasteiger partial charge in [0.25, 0.3) is 5.91 Å². The molecule has 0 saturated heterocycles. The molecule has 29 heavy (non-hydrogen) atoms. The van der Waals surface area contributed by atoms with E-state index in [4.69, 9.17) is 4.98 Å². The van der Waals surface area contributed by atoms with Crippen LogP contribution in [0.2, 0.25) is 0 Å². The molecular weight excluding hydrogens is 471 g/mol. The molecular formula is C25H25IN2O. The molecule has 3 aromatic rings. The number of hydrogen-bond donors (Lipinski definition) is 1. The van der Waals surface area contributed by atoms with Gasteiger partial charge in [0.2, 0.25) is 0 Å². The van der Waals surface area contributed by atoms with Crippen molar-refractivity contribution < 1.29 is 4.79 Å². The number of carbonyl (C=O) groups excluding carboxylic acids is 1. The van der Waals surface area contributed by atoms with Crippen LogP contribution in [-0.4, -0.2) is 16.4 Å². The Kier molecular flexibility index (Phi) is 4.85.